The van der Waals surface area contributed by atoms with Gasteiger partial charge in [-0.1, -0.05) is 304 Å². The number of fused-ring (bicyclic) bond motifs is 13. The summed E-state index contributed by atoms with van der Waals surface area (Å²) < 4.78 is 360. The Morgan fingerprint density at radius 2 is 0.767 bits per heavy atom. The summed E-state index contributed by atoms with van der Waals surface area (Å²) in [5, 5.41) is -1.05. The Labute approximate surface area is 651 Å². The van der Waals surface area contributed by atoms with Gasteiger partial charge in [-0.3, -0.25) is 0 Å². The molecule has 2 aliphatic rings. The first-order valence-corrected chi connectivity index (χ1v) is 35.6. The van der Waals surface area contributed by atoms with E-state index in [1.807, 2.05) is 36.4 Å². The number of rotatable bonds is 9. The van der Waals surface area contributed by atoms with Crippen molar-refractivity contribution in [3.63, 3.8) is 0 Å². The second kappa shape index (κ2) is 23.2. The van der Waals surface area contributed by atoms with Crippen molar-refractivity contribution in [3.05, 3.63) is 325 Å². The Bertz CT molecular complexity index is 8180. The normalized spacial score (nSPS) is 17.9. The number of furan rings is 2. The lowest BCUT2D eigenvalue weighted by atomic mass is 9.33. The second-order valence-electron chi connectivity index (χ2n) is 28.9. The first kappa shape index (κ1) is 36.3. The third kappa shape index (κ3) is 9.51. The number of hydrogen-bond acceptors (Lipinski definition) is 4. The second-order valence-corrected chi connectivity index (χ2v) is 32.6. The number of benzene rings is 14. The molecule has 0 N–H and O–H groups in total. The Hall–Kier alpha value is -11.6. The molecular weight excluding hydrogens is 1270 g/mol. The van der Waals surface area contributed by atoms with Crippen LogP contribution in [0.25, 0.3) is 93.6 Å². The van der Waals surface area contributed by atoms with E-state index in [2.05, 4.69) is 0 Å². The van der Waals surface area contributed by atoms with Crippen molar-refractivity contribution in [1.82, 2.24) is 4.57 Å². The topological polar surface area (TPSA) is 37.7 Å². The summed E-state index contributed by atoms with van der Waals surface area (Å²) in [4.78, 5) is 2.48. The van der Waals surface area contributed by atoms with Gasteiger partial charge in [-0.2, -0.15) is 0 Å². The van der Waals surface area contributed by atoms with Crippen LogP contribution < -0.4 is 46.9 Å². The van der Waals surface area contributed by atoms with Gasteiger partial charge in [0.1, 0.15) is 11.2 Å². The molecule has 496 valence electrons. The summed E-state index contributed by atoms with van der Waals surface area (Å²) in [7, 11) is -4.62. The molecule has 0 unspecified atom stereocenters. The first-order chi connectivity index (χ1) is 64.2. The number of anilines is 6. The fraction of sp³-hybridized carbons (Fsp3) is 0.125. The smallest absolute Gasteiger partial charge is 0.252 e. The molecule has 0 radical (unpaired) electrons. The summed E-state index contributed by atoms with van der Waals surface area (Å²) in [6.07, 6.45) is 0. The monoisotopic (exact) mass is 1380 g/mol. The van der Waals surface area contributed by atoms with Crippen LogP contribution >= 0.6 is 0 Å². The predicted octanol–water partition coefficient (Wildman–Crippen LogP) is 21.3. The van der Waals surface area contributed by atoms with Crippen molar-refractivity contribution in [2.45, 2.75) is 78.6 Å². The van der Waals surface area contributed by atoms with Gasteiger partial charge < -0.3 is 23.2 Å². The van der Waals surface area contributed by atoms with E-state index in [-0.39, 0.29) is 54.9 Å². The zero-order valence-corrected chi connectivity index (χ0v) is 58.1. The van der Waals surface area contributed by atoms with Crippen LogP contribution in [0.2, 0.25) is 0 Å². The number of para-hydroxylation sites is 4. The molecule has 0 saturated carbocycles. The van der Waals surface area contributed by atoms with Crippen molar-refractivity contribution in [1.29, 1.82) is 0 Å². The minimum absolute atomic E-state index is 0.0997. The van der Waals surface area contributed by atoms with Crippen molar-refractivity contribution >= 4 is 152 Å². The van der Waals surface area contributed by atoms with Gasteiger partial charge in [0.25, 0.3) is 6.71 Å². The molecule has 0 amide bonds. The minimum atomic E-state index is -4.62. The lowest BCUT2D eigenvalue weighted by molar-refractivity contribution is 0.590. The molecule has 0 spiro atoms. The van der Waals surface area contributed by atoms with Gasteiger partial charge in [0, 0.05) is 71.9 Å². The summed E-state index contributed by atoms with van der Waals surface area (Å²) in [6, 6.07) is -0.370. The van der Waals surface area contributed by atoms with E-state index in [0.717, 1.165) is 9.47 Å². The van der Waals surface area contributed by atoms with Crippen LogP contribution in [0.15, 0.2) is 317 Å². The van der Waals surface area contributed by atoms with Crippen molar-refractivity contribution in [2.24, 2.45) is 0 Å². The van der Waals surface area contributed by atoms with Gasteiger partial charge in [0.05, 0.1) is 69.0 Å². The first-order valence-electron chi connectivity index (χ1n) is 50.6. The van der Waals surface area contributed by atoms with E-state index in [9.17, 15) is 42.5 Å². The number of nitrogens with zero attached hydrogens (tertiary/aromatic N) is 3. The molecule has 5 heterocycles. The third-order valence-corrected chi connectivity index (χ3v) is 24.3. The van der Waals surface area contributed by atoms with Gasteiger partial charge in [-0.25, -0.2) is 0 Å². The minimum Gasteiger partial charge on any atom is -0.454 e. The highest BCUT2D eigenvalue weighted by Gasteiger charge is 2.49. The van der Waals surface area contributed by atoms with E-state index >= 15 is 0 Å². The average molecular weight is 1380 g/mol. The Kier molecular flexibility index (Phi) is 8.18. The molecule has 5 nitrogen and oxygen atoms in total. The average Bonchev–Trinajstić information content (AvgIpc) is 1.60. The molecule has 3 aromatic heterocycles. The molecular formula is C96H78BN3O2Si. The van der Waals surface area contributed by atoms with Crippen LogP contribution in [-0.4, -0.2) is 19.4 Å². The fourth-order valence-electron chi connectivity index (χ4n) is 15.2. The van der Waals surface area contributed by atoms with Gasteiger partial charge in [0.15, 0.2) is 19.2 Å². The fourth-order valence-corrected chi connectivity index (χ4v) is 19.7. The van der Waals surface area contributed by atoms with E-state index in [1.165, 1.54) is 11.0 Å². The molecule has 17 aromatic rings. The van der Waals surface area contributed by atoms with E-state index in [1.54, 1.807) is 123 Å². The van der Waals surface area contributed by atoms with Gasteiger partial charge in [-0.05, 0) is 148 Å². The van der Waals surface area contributed by atoms with Crippen LogP contribution in [0.4, 0.5) is 34.1 Å². The maximum absolute atomic E-state index is 12.2. The molecule has 2 aliphatic heterocycles. The summed E-state index contributed by atoms with van der Waals surface area (Å²) >= 11 is 0. The lowest BCUT2D eigenvalue weighted by Gasteiger charge is -2.46. The predicted molar refractivity (Wildman–Crippen MR) is 440 cm³/mol. The summed E-state index contributed by atoms with van der Waals surface area (Å²) in [6.45, 7) is 12.9. The molecule has 0 atom stereocenters. The van der Waals surface area contributed by atoms with Crippen LogP contribution in [0.3, 0.4) is 0 Å². The zero-order valence-electron chi connectivity index (χ0n) is 91.1. The molecule has 7 heteroatoms. The molecule has 14 aromatic carbocycles. The molecule has 0 saturated heterocycles. The zero-order chi connectivity index (χ0) is 99.4. The highest BCUT2D eigenvalue weighted by atomic mass is 28.3. The Morgan fingerprint density at radius 1 is 0.369 bits per heavy atom. The molecule has 19 rings (SSSR count). The lowest BCUT2D eigenvalue weighted by Crippen LogP contribution is -2.75. The van der Waals surface area contributed by atoms with Gasteiger partial charge >= 0.3 is 0 Å². The standard InChI is InChI=1S/C96H78BN3O2Si/c1-94(2,3)63-55-83-89-84(56-63)100(91-74(62-35-17-11-18-36-62)60-76(96(7,8)9)88-72-46-28-32-50-86(72)102-93(88)91)82-58-68(103(65-37-19-12-20-38-65,66-39-21-13-22-40-66)67-41-23-14-24-42-67)52-54-78(82)97(89)77-53-51-64(98-79-47-29-25-43-69(79)70-44-26-30-48-80(70)98)57-81(77)99(83)90-73(61-33-15-10-16-34-61)59-75(95(4,5)6)87-71-45-27-31-49-85(71)101-92(87)90/h10-60H,1-9H3/i10D,11D,15D,16D,17D,18D,25D,26D,27D,28D,29D,30D,31D,32D,33D,34D,35D,36D,43D,44D,45D,46D,47D,48D,49D,50D,51D,52D,53D,54D,57D,58D,59D,60D. The van der Waals surface area contributed by atoms with E-state index in [4.69, 9.17) is 12.9 Å². The number of hydrogen-bond donors (Lipinski definition) is 0. The quantitative estimate of drug-likeness (QED) is 0.107. The van der Waals surface area contributed by atoms with Gasteiger partial charge in [-0.15, -0.1) is 0 Å². The number of aromatic nitrogens is 1. The highest BCUT2D eigenvalue weighted by Crippen LogP contribution is 2.56. The molecule has 0 fully saturated rings. The van der Waals surface area contributed by atoms with E-state index in [0.29, 0.717) is 15.6 Å². The SMILES string of the molecule is [2H]c1c([2H])c([2H])c(-c2c([2H])c(C(C)(C)C)c3c(oc4c([2H])c([2H])c([2H])c([2H])c43)c2N2c3cc(C(C)(C)C)cc4c3B(c3c([2H])c([2H])c(-n5c6c([2H])c([2H])c([2H])c([2H])c6c6c([2H])c([2H])c([2H])c([2H])c65)c([2H])c32)c2c([2H])c([2H])c([Si](c3ccccc3)(c3ccccc3)c3ccccc3)c([2H])c2N4c2c(-c3c([2H])c([2H])c([2H])c([2H])c3[2H])c([2H])c(C(C)(C)C)c3c2oc2c([2H])c([2H])c([2H])c([2H])c23)c([2H])c1[2H]. The van der Waals surface area contributed by atoms with Gasteiger partial charge in [0.2, 0.25) is 0 Å². The molecule has 103 heavy (non-hydrogen) atoms. The highest BCUT2D eigenvalue weighted by molar-refractivity contribution is 7.20. The van der Waals surface area contributed by atoms with Crippen LogP contribution in [0.5, 0.6) is 0 Å². The molecule has 0 aliphatic carbocycles. The van der Waals surface area contributed by atoms with Crippen molar-refractivity contribution < 1.29 is 55.4 Å². The maximum atomic E-state index is 12.2. The van der Waals surface area contributed by atoms with Crippen molar-refractivity contribution in [2.75, 3.05) is 9.80 Å². The summed E-state index contributed by atoms with van der Waals surface area (Å²) in [5.41, 5.74) is -16.5. The molecule has 0 bridgehead atoms. The Morgan fingerprint density at radius 3 is 1.20 bits per heavy atom. The van der Waals surface area contributed by atoms with Crippen LogP contribution in [0, 0.1) is 0 Å². The van der Waals surface area contributed by atoms with E-state index < -0.39 is 348 Å². The van der Waals surface area contributed by atoms with Crippen molar-refractivity contribution in [3.8, 4) is 27.9 Å². The van der Waals surface area contributed by atoms with Crippen LogP contribution in [0.1, 0.15) is 126 Å². The third-order valence-electron chi connectivity index (χ3n) is 19.7. The Balaban J connectivity index is 1.17. The maximum Gasteiger partial charge on any atom is 0.252 e. The summed E-state index contributed by atoms with van der Waals surface area (Å²) in [5.74, 6) is 0. The van der Waals surface area contributed by atoms with Crippen LogP contribution in [-0.2, 0) is 16.2 Å². The largest absolute Gasteiger partial charge is 0.454 e.